The highest BCUT2D eigenvalue weighted by Crippen LogP contribution is 2.30. The SMILES string of the molecule is Cc1ccc(C(=O)N2CC(=O)Nc3ccccc32)c(I)c1. The number of para-hydroxylation sites is 2. The van der Waals surface area contributed by atoms with Crippen molar-refractivity contribution in [3.05, 3.63) is 57.2 Å². The first-order valence-electron chi connectivity index (χ1n) is 6.53. The third-order valence-corrected chi connectivity index (χ3v) is 4.26. The zero-order valence-electron chi connectivity index (χ0n) is 11.4. The van der Waals surface area contributed by atoms with Gasteiger partial charge < -0.3 is 5.32 Å². The summed E-state index contributed by atoms with van der Waals surface area (Å²) < 4.78 is 0.890. The maximum atomic E-state index is 12.8. The highest BCUT2D eigenvalue weighted by molar-refractivity contribution is 14.1. The smallest absolute Gasteiger partial charge is 0.259 e. The molecular formula is C16H13IN2O2. The zero-order valence-corrected chi connectivity index (χ0v) is 13.5. The molecule has 5 heteroatoms. The standard InChI is InChI=1S/C16H13IN2O2/c1-10-6-7-11(12(17)8-10)16(21)19-9-15(20)18-13-4-2-3-5-14(13)19/h2-8H,9H2,1H3,(H,18,20). The Morgan fingerprint density at radius 1 is 1.24 bits per heavy atom. The van der Waals surface area contributed by atoms with E-state index in [9.17, 15) is 9.59 Å². The molecule has 1 N–H and O–H groups in total. The van der Waals surface area contributed by atoms with E-state index in [-0.39, 0.29) is 18.4 Å². The molecule has 0 fully saturated rings. The summed E-state index contributed by atoms with van der Waals surface area (Å²) in [5.74, 6) is -0.328. The van der Waals surface area contributed by atoms with Gasteiger partial charge in [-0.15, -0.1) is 0 Å². The van der Waals surface area contributed by atoms with Crippen LogP contribution in [0, 0.1) is 10.5 Å². The number of halogens is 1. The second-order valence-corrected chi connectivity index (χ2v) is 6.10. The molecule has 0 radical (unpaired) electrons. The van der Waals surface area contributed by atoms with Gasteiger partial charge >= 0.3 is 0 Å². The van der Waals surface area contributed by atoms with E-state index in [4.69, 9.17) is 0 Å². The first-order valence-corrected chi connectivity index (χ1v) is 7.61. The van der Waals surface area contributed by atoms with Crippen LogP contribution in [0.15, 0.2) is 42.5 Å². The van der Waals surface area contributed by atoms with Crippen molar-refractivity contribution in [1.82, 2.24) is 0 Å². The topological polar surface area (TPSA) is 49.4 Å². The Kier molecular flexibility index (Phi) is 3.67. The number of benzene rings is 2. The minimum Gasteiger partial charge on any atom is -0.323 e. The van der Waals surface area contributed by atoms with Gasteiger partial charge in [-0.3, -0.25) is 14.5 Å². The van der Waals surface area contributed by atoms with Gasteiger partial charge in [-0.2, -0.15) is 0 Å². The number of aryl methyl sites for hydroxylation is 1. The zero-order chi connectivity index (χ0) is 15.0. The van der Waals surface area contributed by atoms with Crippen molar-refractivity contribution < 1.29 is 9.59 Å². The highest BCUT2D eigenvalue weighted by Gasteiger charge is 2.28. The quantitative estimate of drug-likeness (QED) is 0.758. The van der Waals surface area contributed by atoms with Crippen molar-refractivity contribution in [3.8, 4) is 0 Å². The molecule has 0 aromatic heterocycles. The second kappa shape index (κ2) is 5.48. The molecule has 0 unspecified atom stereocenters. The highest BCUT2D eigenvalue weighted by atomic mass is 127. The van der Waals surface area contributed by atoms with Gasteiger partial charge in [0.1, 0.15) is 6.54 Å². The minimum atomic E-state index is -0.177. The van der Waals surface area contributed by atoms with Crippen LogP contribution in [0.3, 0.4) is 0 Å². The number of hydrogen-bond donors (Lipinski definition) is 1. The molecule has 2 amide bonds. The van der Waals surface area contributed by atoms with Crippen molar-refractivity contribution in [2.24, 2.45) is 0 Å². The van der Waals surface area contributed by atoms with Gasteiger partial charge in [-0.25, -0.2) is 0 Å². The Bertz CT molecular complexity index is 743. The van der Waals surface area contributed by atoms with Gasteiger partial charge in [0.2, 0.25) is 5.91 Å². The Balaban J connectivity index is 2.04. The van der Waals surface area contributed by atoms with Crippen LogP contribution in [-0.2, 0) is 4.79 Å². The second-order valence-electron chi connectivity index (χ2n) is 4.94. The Morgan fingerprint density at radius 2 is 2.00 bits per heavy atom. The number of anilines is 2. The van der Waals surface area contributed by atoms with E-state index in [0.717, 1.165) is 14.8 Å². The molecular weight excluding hydrogens is 379 g/mol. The van der Waals surface area contributed by atoms with Crippen LogP contribution in [0.1, 0.15) is 15.9 Å². The van der Waals surface area contributed by atoms with Crippen LogP contribution < -0.4 is 10.2 Å². The largest absolute Gasteiger partial charge is 0.323 e. The molecule has 1 aliphatic heterocycles. The first kappa shape index (κ1) is 14.1. The average molecular weight is 392 g/mol. The van der Waals surface area contributed by atoms with E-state index in [0.29, 0.717) is 11.3 Å². The Labute approximate surface area is 136 Å². The van der Waals surface area contributed by atoms with Crippen molar-refractivity contribution in [3.63, 3.8) is 0 Å². The number of rotatable bonds is 1. The Hall–Kier alpha value is -1.89. The fraction of sp³-hybridized carbons (Fsp3) is 0.125. The minimum absolute atomic E-state index is 0.0415. The van der Waals surface area contributed by atoms with E-state index in [2.05, 4.69) is 27.9 Å². The fourth-order valence-electron chi connectivity index (χ4n) is 2.35. The summed E-state index contributed by atoms with van der Waals surface area (Å²) in [6.45, 7) is 2.03. The molecule has 0 bridgehead atoms. The van der Waals surface area contributed by atoms with Gasteiger partial charge in [0, 0.05) is 3.57 Å². The van der Waals surface area contributed by atoms with Crippen molar-refractivity contribution in [1.29, 1.82) is 0 Å². The normalized spacial score (nSPS) is 13.6. The number of fused-ring (bicyclic) bond motifs is 1. The van der Waals surface area contributed by atoms with E-state index >= 15 is 0 Å². The molecule has 3 rings (SSSR count). The van der Waals surface area contributed by atoms with Gasteiger partial charge in [0.25, 0.3) is 5.91 Å². The van der Waals surface area contributed by atoms with Gasteiger partial charge in [0.15, 0.2) is 0 Å². The number of amides is 2. The van der Waals surface area contributed by atoms with Crippen LogP contribution in [0.25, 0.3) is 0 Å². The van der Waals surface area contributed by atoms with Crippen LogP contribution in [0.5, 0.6) is 0 Å². The monoisotopic (exact) mass is 392 g/mol. The Morgan fingerprint density at radius 3 is 2.76 bits per heavy atom. The summed E-state index contributed by atoms with van der Waals surface area (Å²) in [5, 5.41) is 2.79. The predicted molar refractivity (Wildman–Crippen MR) is 90.6 cm³/mol. The first-order chi connectivity index (χ1) is 10.1. The molecule has 0 atom stereocenters. The van der Waals surface area contributed by atoms with Crippen molar-refractivity contribution >= 4 is 45.8 Å². The molecule has 1 aliphatic rings. The number of carbonyl (C=O) groups is 2. The molecule has 21 heavy (non-hydrogen) atoms. The molecule has 0 spiro atoms. The molecule has 4 nitrogen and oxygen atoms in total. The molecule has 0 aliphatic carbocycles. The summed E-state index contributed by atoms with van der Waals surface area (Å²) in [5.41, 5.74) is 3.13. The number of nitrogens with zero attached hydrogens (tertiary/aromatic N) is 1. The van der Waals surface area contributed by atoms with E-state index in [1.54, 1.807) is 6.07 Å². The summed E-state index contributed by atoms with van der Waals surface area (Å²) in [6.07, 6.45) is 0. The van der Waals surface area contributed by atoms with Crippen LogP contribution in [0.4, 0.5) is 11.4 Å². The van der Waals surface area contributed by atoms with Gasteiger partial charge in [-0.05, 0) is 53.8 Å². The average Bonchev–Trinajstić information content (AvgIpc) is 2.45. The van der Waals surface area contributed by atoms with Crippen molar-refractivity contribution in [2.75, 3.05) is 16.8 Å². The fourth-order valence-corrected chi connectivity index (χ4v) is 3.26. The van der Waals surface area contributed by atoms with Crippen LogP contribution >= 0.6 is 22.6 Å². The molecule has 2 aromatic rings. The number of hydrogen-bond acceptors (Lipinski definition) is 2. The third-order valence-electron chi connectivity index (χ3n) is 3.37. The number of nitrogens with one attached hydrogen (secondary N) is 1. The van der Waals surface area contributed by atoms with Crippen molar-refractivity contribution in [2.45, 2.75) is 6.92 Å². The third kappa shape index (κ3) is 2.65. The molecule has 2 aromatic carbocycles. The van der Waals surface area contributed by atoms with E-state index < -0.39 is 0 Å². The lowest BCUT2D eigenvalue weighted by Crippen LogP contribution is -2.42. The van der Waals surface area contributed by atoms with Crippen LogP contribution in [-0.4, -0.2) is 18.4 Å². The summed E-state index contributed by atoms with van der Waals surface area (Å²) >= 11 is 2.15. The van der Waals surface area contributed by atoms with Gasteiger partial charge in [-0.1, -0.05) is 23.8 Å². The molecule has 0 saturated carbocycles. The summed E-state index contributed by atoms with van der Waals surface area (Å²) in [4.78, 5) is 26.1. The van der Waals surface area contributed by atoms with E-state index in [1.807, 2.05) is 43.3 Å². The number of carbonyl (C=O) groups excluding carboxylic acids is 2. The van der Waals surface area contributed by atoms with Crippen LogP contribution in [0.2, 0.25) is 0 Å². The van der Waals surface area contributed by atoms with E-state index in [1.165, 1.54) is 4.90 Å². The lowest BCUT2D eigenvalue weighted by molar-refractivity contribution is -0.115. The maximum absolute atomic E-state index is 12.8. The summed E-state index contributed by atoms with van der Waals surface area (Å²) in [7, 11) is 0. The molecule has 1 heterocycles. The summed E-state index contributed by atoms with van der Waals surface area (Å²) in [6, 6.07) is 13.0. The lowest BCUT2D eigenvalue weighted by atomic mass is 10.1. The van der Waals surface area contributed by atoms with Gasteiger partial charge in [0.05, 0.1) is 16.9 Å². The lowest BCUT2D eigenvalue weighted by Gasteiger charge is -2.29. The predicted octanol–water partition coefficient (Wildman–Crippen LogP) is 3.20. The maximum Gasteiger partial charge on any atom is 0.259 e. The molecule has 106 valence electrons. The molecule has 0 saturated heterocycles.